The molecule has 0 saturated heterocycles. The van der Waals surface area contributed by atoms with E-state index in [-0.39, 0.29) is 0 Å². The Balaban J connectivity index is 3.25. The van der Waals surface area contributed by atoms with E-state index in [1.54, 1.807) is 0 Å². The van der Waals surface area contributed by atoms with E-state index in [4.69, 9.17) is 9.05 Å². The van der Waals surface area contributed by atoms with E-state index in [1.807, 2.05) is 0 Å². The molecule has 5 unspecified atom stereocenters. The van der Waals surface area contributed by atoms with Gasteiger partial charge in [0, 0.05) is 18.0 Å². The minimum atomic E-state index is 0.471. The Kier molecular flexibility index (Phi) is 22.6. The number of rotatable bonds is 20. The van der Waals surface area contributed by atoms with E-state index >= 15 is 0 Å². The van der Waals surface area contributed by atoms with Gasteiger partial charge in [0.2, 0.25) is 0 Å². The Hall–Kier alpha value is 1.21. The first kappa shape index (κ1) is 26.2. The van der Waals surface area contributed by atoms with E-state index in [9.17, 15) is 0 Å². The summed E-state index contributed by atoms with van der Waals surface area (Å²) in [5, 5.41) is 0. The third kappa shape index (κ3) is 18.3. The molecule has 0 amide bonds. The second kappa shape index (κ2) is 21.5. The van der Waals surface area contributed by atoms with Crippen molar-refractivity contribution in [3.05, 3.63) is 0 Å². The summed E-state index contributed by atoms with van der Waals surface area (Å²) in [5.41, 5.74) is 0. The average Bonchev–Trinajstić information content (AvgIpc) is 2.64. The highest BCUT2D eigenvalue weighted by molar-refractivity contribution is 8.00. The lowest BCUT2D eigenvalue weighted by Crippen LogP contribution is -2.07. The van der Waals surface area contributed by atoms with Gasteiger partial charge in [0.25, 0.3) is 0 Å². The van der Waals surface area contributed by atoms with E-state index < -0.39 is 0 Å². The van der Waals surface area contributed by atoms with Crippen molar-refractivity contribution in [3.8, 4) is 0 Å². The second-order valence-electron chi connectivity index (χ2n) is 7.28. The molecule has 0 heterocycles. The predicted molar refractivity (Wildman–Crippen MR) is 123 cm³/mol. The first-order valence-electron chi connectivity index (χ1n) is 10.7. The van der Waals surface area contributed by atoms with Gasteiger partial charge in [-0.25, -0.2) is 0 Å². The topological polar surface area (TPSA) is 18.5 Å². The Morgan fingerprint density at radius 2 is 1.12 bits per heavy atom. The summed E-state index contributed by atoms with van der Waals surface area (Å²) in [5.74, 6) is 0. The minimum absolute atomic E-state index is 0.471. The van der Waals surface area contributed by atoms with Crippen molar-refractivity contribution in [2.45, 2.75) is 129 Å². The first-order valence-corrected chi connectivity index (χ1v) is 13.9. The van der Waals surface area contributed by atoms with Crippen LogP contribution in [0.1, 0.15) is 117 Å². The van der Waals surface area contributed by atoms with Gasteiger partial charge in [-0.1, -0.05) is 99.8 Å². The lowest BCUT2D eigenvalue weighted by atomic mass is 10.0. The molecule has 0 spiro atoms. The van der Waals surface area contributed by atoms with Crippen molar-refractivity contribution < 1.29 is 9.05 Å². The van der Waals surface area contributed by atoms with E-state index in [0.717, 1.165) is 6.42 Å². The summed E-state index contributed by atoms with van der Waals surface area (Å²) in [4.78, 5) is 0. The lowest BCUT2D eigenvalue weighted by molar-refractivity contribution is 0.205. The van der Waals surface area contributed by atoms with Gasteiger partial charge in [-0.15, -0.1) is 0 Å². The molecule has 2 nitrogen and oxygen atoms in total. The third-order valence-corrected chi connectivity index (χ3v) is 6.33. The van der Waals surface area contributed by atoms with Gasteiger partial charge in [0.15, 0.2) is 0 Å². The largest absolute Gasteiger partial charge is 0.362 e. The van der Waals surface area contributed by atoms with Crippen molar-refractivity contribution >= 4 is 26.9 Å². The monoisotopic (exact) mass is 410 g/mol. The maximum absolute atomic E-state index is 5.71. The van der Waals surface area contributed by atoms with Gasteiger partial charge in [-0.2, -0.15) is 0 Å². The highest BCUT2D eigenvalue weighted by Gasteiger charge is 2.06. The number of hydrogen-bond donors (Lipinski definition) is 0. The van der Waals surface area contributed by atoms with Gasteiger partial charge in [-0.3, -0.25) is 0 Å². The smallest absolute Gasteiger partial charge is 0.0616 e. The summed E-state index contributed by atoms with van der Waals surface area (Å²) in [7, 11) is 5.71. The first-order chi connectivity index (χ1) is 12.3. The van der Waals surface area contributed by atoms with E-state index in [1.165, 1.54) is 96.3 Å². The van der Waals surface area contributed by atoms with Crippen LogP contribution >= 0.6 is 26.9 Å². The Labute approximate surface area is 165 Å². The normalized spacial score (nSPS) is 14.4. The zero-order valence-electron chi connectivity index (χ0n) is 16.9. The molecule has 0 bridgehead atoms. The number of unbranched alkanes of at least 4 members (excludes halogenated alkanes) is 10. The quantitative estimate of drug-likeness (QED) is 0.149. The molecule has 25 heavy (non-hydrogen) atoms. The summed E-state index contributed by atoms with van der Waals surface area (Å²) < 4.78 is 11.2. The molecule has 5 atom stereocenters. The third-order valence-electron chi connectivity index (χ3n) is 5.06. The standard InChI is InChI=1S/C20H45O2P3/c1-3-5-16-20(21-23)18-15-13-11-9-7-6-8-10-12-14-17-19(4-2)22-25-24/h19-20,25H,3-18,23-24H2,1-2H3. The number of hydrogen-bond acceptors (Lipinski definition) is 2. The summed E-state index contributed by atoms with van der Waals surface area (Å²) in [6.07, 6.45) is 22.3. The highest BCUT2D eigenvalue weighted by Crippen LogP contribution is 2.27. The maximum Gasteiger partial charge on any atom is 0.0616 e. The van der Waals surface area contributed by atoms with Crippen molar-refractivity contribution in [2.75, 3.05) is 0 Å². The SMILES string of the molecule is CCCCC(CCCCCCCCCCCCC(CC)OPP)OP. The maximum atomic E-state index is 5.71. The molecule has 0 N–H and O–H groups in total. The molecule has 0 fully saturated rings. The fourth-order valence-electron chi connectivity index (χ4n) is 3.31. The van der Waals surface area contributed by atoms with Crippen molar-refractivity contribution in [1.29, 1.82) is 0 Å². The van der Waals surface area contributed by atoms with Crippen LogP contribution in [0.2, 0.25) is 0 Å². The lowest BCUT2D eigenvalue weighted by Gasteiger charge is -2.14. The molecule has 0 aromatic heterocycles. The highest BCUT2D eigenvalue weighted by atomic mass is 32.0. The molecule has 0 aliphatic rings. The van der Waals surface area contributed by atoms with Crippen LogP contribution < -0.4 is 0 Å². The summed E-state index contributed by atoms with van der Waals surface area (Å²) in [6.45, 7) is 4.48. The van der Waals surface area contributed by atoms with E-state index in [0.29, 0.717) is 20.7 Å². The van der Waals surface area contributed by atoms with Crippen molar-refractivity contribution in [2.24, 2.45) is 0 Å². The molecule has 0 saturated carbocycles. The zero-order chi connectivity index (χ0) is 18.6. The fraction of sp³-hybridized carbons (Fsp3) is 1.00. The molecule has 5 heteroatoms. The molecular formula is C20H45O2P3. The van der Waals surface area contributed by atoms with Gasteiger partial charge in [0.05, 0.1) is 12.2 Å². The Morgan fingerprint density at radius 3 is 1.52 bits per heavy atom. The van der Waals surface area contributed by atoms with Crippen LogP contribution in [0.3, 0.4) is 0 Å². The molecule has 152 valence electrons. The van der Waals surface area contributed by atoms with Gasteiger partial charge in [-0.05, 0) is 25.7 Å². The Morgan fingerprint density at radius 1 is 0.680 bits per heavy atom. The average molecular weight is 410 g/mol. The molecule has 0 rings (SSSR count). The van der Waals surface area contributed by atoms with Crippen LogP contribution in [0.25, 0.3) is 0 Å². The van der Waals surface area contributed by atoms with Gasteiger partial charge >= 0.3 is 0 Å². The van der Waals surface area contributed by atoms with Gasteiger partial charge < -0.3 is 9.05 Å². The van der Waals surface area contributed by atoms with Crippen molar-refractivity contribution in [1.82, 2.24) is 0 Å². The zero-order valence-corrected chi connectivity index (χ0v) is 20.2. The van der Waals surface area contributed by atoms with Gasteiger partial charge in [0.1, 0.15) is 0 Å². The van der Waals surface area contributed by atoms with Crippen LogP contribution in [0.4, 0.5) is 0 Å². The molecule has 0 aliphatic carbocycles. The van der Waals surface area contributed by atoms with Crippen LogP contribution in [0, 0.1) is 0 Å². The molecule has 0 aromatic carbocycles. The summed E-state index contributed by atoms with van der Waals surface area (Å²) in [6, 6.07) is 0. The Bertz CT molecular complexity index is 255. The minimum Gasteiger partial charge on any atom is -0.362 e. The molecular weight excluding hydrogens is 365 g/mol. The molecule has 0 aliphatic heterocycles. The van der Waals surface area contributed by atoms with Crippen molar-refractivity contribution in [3.63, 3.8) is 0 Å². The molecule has 0 radical (unpaired) electrons. The van der Waals surface area contributed by atoms with Crippen LogP contribution in [0.5, 0.6) is 0 Å². The van der Waals surface area contributed by atoms with Crippen LogP contribution in [-0.4, -0.2) is 12.2 Å². The van der Waals surface area contributed by atoms with Crippen LogP contribution in [0.15, 0.2) is 0 Å². The van der Waals surface area contributed by atoms with E-state index in [2.05, 4.69) is 32.2 Å². The fourth-order valence-corrected chi connectivity index (χ4v) is 4.64. The van der Waals surface area contributed by atoms with Crippen LogP contribution in [-0.2, 0) is 9.05 Å². The predicted octanol–water partition coefficient (Wildman–Crippen LogP) is 8.21. The molecule has 0 aromatic rings. The second-order valence-corrected chi connectivity index (χ2v) is 8.73. The summed E-state index contributed by atoms with van der Waals surface area (Å²) >= 11 is 0.